The molecular formula is C14H14ClN3O3S. The largest absolute Gasteiger partial charge is 0.508 e. The number of aromatic hydroxyl groups is 1. The smallest absolute Gasteiger partial charge is 0.264 e. The van der Waals surface area contributed by atoms with Gasteiger partial charge in [-0.3, -0.25) is 4.72 Å². The molecule has 2 aromatic rings. The van der Waals surface area contributed by atoms with Crippen LogP contribution in [-0.2, 0) is 10.0 Å². The summed E-state index contributed by atoms with van der Waals surface area (Å²) in [5, 5.41) is 9.22. The molecule has 2 rings (SSSR count). The number of phenols is 1. The third-order valence-corrected chi connectivity index (χ3v) is 4.38. The number of sulfonamides is 1. The number of nitrogens with one attached hydrogen (secondary N) is 1. The number of anilines is 1. The SMILES string of the molecule is NC(CCl)=Nc1ccccc1S(=O)(=O)Nc1ccc(O)cc1. The van der Waals surface area contributed by atoms with Crippen molar-refractivity contribution in [2.75, 3.05) is 10.6 Å². The van der Waals surface area contributed by atoms with Gasteiger partial charge in [0, 0.05) is 5.69 Å². The number of amidine groups is 1. The lowest BCUT2D eigenvalue weighted by molar-refractivity contribution is 0.475. The van der Waals surface area contributed by atoms with E-state index in [2.05, 4.69) is 9.71 Å². The van der Waals surface area contributed by atoms with Crippen molar-refractivity contribution in [3.63, 3.8) is 0 Å². The molecule has 0 aromatic heterocycles. The Kier molecular flexibility index (Phi) is 4.89. The van der Waals surface area contributed by atoms with E-state index in [-0.39, 0.29) is 28.0 Å². The number of alkyl halides is 1. The second kappa shape index (κ2) is 6.67. The molecule has 0 aliphatic carbocycles. The Morgan fingerprint density at radius 2 is 1.82 bits per heavy atom. The summed E-state index contributed by atoms with van der Waals surface area (Å²) in [6.07, 6.45) is 0. The van der Waals surface area contributed by atoms with Gasteiger partial charge in [-0.2, -0.15) is 0 Å². The van der Waals surface area contributed by atoms with Gasteiger partial charge < -0.3 is 10.8 Å². The zero-order valence-electron chi connectivity index (χ0n) is 11.4. The first-order chi connectivity index (χ1) is 10.4. The Morgan fingerprint density at radius 1 is 1.18 bits per heavy atom. The minimum Gasteiger partial charge on any atom is -0.508 e. The molecule has 4 N–H and O–H groups in total. The first kappa shape index (κ1) is 16.1. The fourth-order valence-corrected chi connectivity index (χ4v) is 2.96. The van der Waals surface area contributed by atoms with Crippen LogP contribution in [0.25, 0.3) is 0 Å². The van der Waals surface area contributed by atoms with Crippen LogP contribution in [0.3, 0.4) is 0 Å². The first-order valence-corrected chi connectivity index (χ1v) is 8.24. The first-order valence-electron chi connectivity index (χ1n) is 6.22. The third-order valence-electron chi connectivity index (χ3n) is 2.68. The van der Waals surface area contributed by atoms with Gasteiger partial charge in [-0.1, -0.05) is 12.1 Å². The lowest BCUT2D eigenvalue weighted by Gasteiger charge is -2.10. The van der Waals surface area contributed by atoms with Crippen LogP contribution in [0.15, 0.2) is 58.4 Å². The summed E-state index contributed by atoms with van der Waals surface area (Å²) in [7, 11) is -3.85. The van der Waals surface area contributed by atoms with Crippen molar-refractivity contribution in [3.05, 3.63) is 48.5 Å². The van der Waals surface area contributed by atoms with E-state index in [0.717, 1.165) is 0 Å². The molecule has 0 spiro atoms. The normalized spacial score (nSPS) is 12.1. The summed E-state index contributed by atoms with van der Waals surface area (Å²) in [6, 6.07) is 11.9. The molecule has 6 nitrogen and oxygen atoms in total. The number of aliphatic imine (C=N–C) groups is 1. The number of rotatable bonds is 5. The summed E-state index contributed by atoms with van der Waals surface area (Å²) in [5.74, 6) is 0.163. The standard InChI is InChI=1S/C14H14ClN3O3S/c15-9-14(16)17-12-3-1-2-4-13(12)22(20,21)18-10-5-7-11(19)8-6-10/h1-8,18-19H,9H2,(H2,16,17). The predicted molar refractivity (Wildman–Crippen MR) is 87.4 cm³/mol. The van der Waals surface area contributed by atoms with E-state index in [1.807, 2.05) is 0 Å². The molecule has 0 amide bonds. The molecule has 0 aliphatic heterocycles. The van der Waals surface area contributed by atoms with Crippen LogP contribution in [0.2, 0.25) is 0 Å². The quantitative estimate of drug-likeness (QED) is 0.336. The van der Waals surface area contributed by atoms with Crippen LogP contribution in [0.4, 0.5) is 11.4 Å². The van der Waals surface area contributed by atoms with Gasteiger partial charge in [-0.25, -0.2) is 13.4 Å². The van der Waals surface area contributed by atoms with Crippen LogP contribution in [-0.4, -0.2) is 25.2 Å². The van der Waals surface area contributed by atoms with Gasteiger partial charge in [0.25, 0.3) is 10.0 Å². The van der Waals surface area contributed by atoms with E-state index in [1.165, 1.54) is 36.4 Å². The number of halogens is 1. The van der Waals surface area contributed by atoms with E-state index < -0.39 is 10.0 Å². The average Bonchev–Trinajstić information content (AvgIpc) is 2.49. The topological polar surface area (TPSA) is 105 Å². The van der Waals surface area contributed by atoms with Gasteiger partial charge in [0.05, 0.1) is 11.6 Å². The van der Waals surface area contributed by atoms with Crippen molar-refractivity contribution >= 4 is 38.8 Å². The number of benzene rings is 2. The number of nitrogens with zero attached hydrogens (tertiary/aromatic N) is 1. The molecule has 0 radical (unpaired) electrons. The Bertz CT molecular complexity index is 789. The molecule has 0 bridgehead atoms. The molecule has 0 heterocycles. The predicted octanol–water partition coefficient (Wildman–Crippen LogP) is 2.42. The Hall–Kier alpha value is -2.25. The van der Waals surface area contributed by atoms with Gasteiger partial charge in [0.15, 0.2) is 0 Å². The van der Waals surface area contributed by atoms with E-state index in [0.29, 0.717) is 5.69 Å². The maximum absolute atomic E-state index is 12.5. The van der Waals surface area contributed by atoms with Crippen molar-refractivity contribution in [2.24, 2.45) is 10.7 Å². The van der Waals surface area contributed by atoms with Crippen LogP contribution >= 0.6 is 11.6 Å². The van der Waals surface area contributed by atoms with Gasteiger partial charge >= 0.3 is 0 Å². The highest BCUT2D eigenvalue weighted by molar-refractivity contribution is 7.92. The highest BCUT2D eigenvalue weighted by atomic mass is 35.5. The summed E-state index contributed by atoms with van der Waals surface area (Å²) in [6.45, 7) is 0. The van der Waals surface area contributed by atoms with E-state index in [9.17, 15) is 13.5 Å². The maximum Gasteiger partial charge on any atom is 0.264 e. The van der Waals surface area contributed by atoms with Gasteiger partial charge in [0.1, 0.15) is 16.5 Å². The van der Waals surface area contributed by atoms with E-state index in [1.54, 1.807) is 12.1 Å². The fourth-order valence-electron chi connectivity index (χ4n) is 1.70. The van der Waals surface area contributed by atoms with Gasteiger partial charge in [-0.05, 0) is 36.4 Å². The highest BCUT2D eigenvalue weighted by Crippen LogP contribution is 2.26. The molecule has 0 unspecified atom stereocenters. The number of hydrogen-bond donors (Lipinski definition) is 3. The van der Waals surface area contributed by atoms with Crippen molar-refractivity contribution in [1.29, 1.82) is 0 Å². The summed E-state index contributed by atoms with van der Waals surface area (Å²) in [4.78, 5) is 3.99. The van der Waals surface area contributed by atoms with Gasteiger partial charge in [-0.15, -0.1) is 11.6 Å². The van der Waals surface area contributed by atoms with Crippen molar-refractivity contribution in [1.82, 2.24) is 0 Å². The van der Waals surface area contributed by atoms with Crippen molar-refractivity contribution < 1.29 is 13.5 Å². The number of nitrogens with two attached hydrogens (primary N) is 1. The minimum absolute atomic E-state index is 0.000226. The fraction of sp³-hybridized carbons (Fsp3) is 0.0714. The van der Waals surface area contributed by atoms with Crippen LogP contribution in [0.5, 0.6) is 5.75 Å². The van der Waals surface area contributed by atoms with Gasteiger partial charge in [0.2, 0.25) is 0 Å². The highest BCUT2D eigenvalue weighted by Gasteiger charge is 2.18. The summed E-state index contributed by atoms with van der Waals surface area (Å²) < 4.78 is 27.3. The minimum atomic E-state index is -3.85. The maximum atomic E-state index is 12.5. The number of phenolic OH excluding ortho intramolecular Hbond substituents is 1. The van der Waals surface area contributed by atoms with Crippen molar-refractivity contribution in [2.45, 2.75) is 4.90 Å². The number of hydrogen-bond acceptors (Lipinski definition) is 4. The third kappa shape index (κ3) is 3.90. The molecule has 0 atom stereocenters. The summed E-state index contributed by atoms with van der Waals surface area (Å²) >= 11 is 5.57. The molecule has 0 fully saturated rings. The molecule has 22 heavy (non-hydrogen) atoms. The number of para-hydroxylation sites is 1. The second-order valence-corrected chi connectivity index (χ2v) is 6.27. The molecule has 8 heteroatoms. The molecule has 0 saturated heterocycles. The Labute approximate surface area is 133 Å². The van der Waals surface area contributed by atoms with Crippen LogP contribution in [0, 0.1) is 0 Å². The average molecular weight is 340 g/mol. The summed E-state index contributed by atoms with van der Waals surface area (Å²) in [5.41, 5.74) is 6.08. The lowest BCUT2D eigenvalue weighted by atomic mass is 10.3. The zero-order chi connectivity index (χ0) is 16.2. The van der Waals surface area contributed by atoms with Crippen LogP contribution in [0.1, 0.15) is 0 Å². The monoisotopic (exact) mass is 339 g/mol. The van der Waals surface area contributed by atoms with E-state index in [4.69, 9.17) is 17.3 Å². The zero-order valence-corrected chi connectivity index (χ0v) is 13.0. The Morgan fingerprint density at radius 3 is 2.45 bits per heavy atom. The lowest BCUT2D eigenvalue weighted by Crippen LogP contribution is -2.15. The second-order valence-electron chi connectivity index (χ2n) is 4.36. The Balaban J connectivity index is 2.39. The van der Waals surface area contributed by atoms with Crippen LogP contribution < -0.4 is 10.5 Å². The van der Waals surface area contributed by atoms with E-state index >= 15 is 0 Å². The molecule has 0 saturated carbocycles. The molecule has 0 aliphatic rings. The van der Waals surface area contributed by atoms with Crippen molar-refractivity contribution in [3.8, 4) is 5.75 Å². The molecule has 2 aromatic carbocycles. The molecular weight excluding hydrogens is 326 g/mol. The molecule has 116 valence electrons.